The zero-order valence-corrected chi connectivity index (χ0v) is 52.9. The molecule has 3 rings (SSSR count). The molecule has 1 fully saturated rings. The molecule has 1 aliphatic heterocycles. The predicted octanol–water partition coefficient (Wildman–Crippen LogP) is 3.69. The number of esters is 1. The number of para-hydroxylation sites is 1. The van der Waals surface area contributed by atoms with Crippen molar-refractivity contribution >= 4 is 76.1 Å². The third-order valence-electron chi connectivity index (χ3n) is 15.0. The van der Waals surface area contributed by atoms with Crippen molar-refractivity contribution in [3.8, 4) is 0 Å². The van der Waals surface area contributed by atoms with Gasteiger partial charge in [0.15, 0.2) is 0 Å². The van der Waals surface area contributed by atoms with Crippen molar-refractivity contribution in [2.45, 2.75) is 228 Å². The molecule has 24 nitrogen and oxygen atoms in total. The monoisotopic (exact) mass is 1180 g/mol. The van der Waals surface area contributed by atoms with Gasteiger partial charge in [-0.15, -0.1) is 0 Å². The molecule has 1 aliphatic rings. The lowest BCUT2D eigenvalue weighted by atomic mass is 9.94. The molecule has 470 valence electrons. The van der Waals surface area contributed by atoms with Gasteiger partial charge in [-0.25, -0.2) is 9.59 Å². The van der Waals surface area contributed by atoms with Crippen molar-refractivity contribution in [2.24, 2.45) is 23.7 Å². The predicted molar refractivity (Wildman–Crippen MR) is 317 cm³/mol. The minimum absolute atomic E-state index is 0.0462. The molecule has 9 atom stereocenters. The smallest absolute Gasteiger partial charge is 0.408 e. The quantitative estimate of drug-likeness (QED) is 0.0545. The maximum atomic E-state index is 14.2. The number of nitrogens with one attached hydrogen (secondary N) is 10. The van der Waals surface area contributed by atoms with Crippen LogP contribution in [0.1, 0.15) is 162 Å². The summed E-state index contributed by atoms with van der Waals surface area (Å²) in [5.74, 6) is -8.41. The van der Waals surface area contributed by atoms with E-state index in [0.29, 0.717) is 32.2 Å². The molecule has 2 heterocycles. The molecule has 1 aromatic carbocycles. The topological polar surface area (TPSA) is 334 Å². The molecule has 10 N–H and O–H groups in total. The van der Waals surface area contributed by atoms with E-state index in [9.17, 15) is 52.7 Å². The lowest BCUT2D eigenvalue weighted by Gasteiger charge is -2.35. The van der Waals surface area contributed by atoms with Crippen molar-refractivity contribution in [1.82, 2.24) is 57.7 Å². The van der Waals surface area contributed by atoms with Crippen LogP contribution in [-0.4, -0.2) is 153 Å². The maximum absolute atomic E-state index is 14.2. The van der Waals surface area contributed by atoms with Crippen molar-refractivity contribution in [3.05, 3.63) is 36.0 Å². The SMILES string of the molecule is CC[C@H](C)[C@H](NC(=O)[C@H](Cc1c[nH]c2ccccc12)NC(=O)OC(C)(C)C)C(=O)N[C@@H](C)C(=O)NC(C)(C)C(=O)N[C@H](C(=O)N[C@H](C(=O)NC(C)(C)C(=O)N[C@@H](CC(C)C)C(=O)NC(C)(C)C(=O)N1CCC[C@H]1C(=O)OC)C(C)C)[C@@H](C)CC. The van der Waals surface area contributed by atoms with Crippen LogP contribution in [0.3, 0.4) is 0 Å². The number of hydrogen-bond acceptors (Lipinski definition) is 13. The second-order valence-corrected chi connectivity index (χ2v) is 25.6. The van der Waals surface area contributed by atoms with E-state index in [0.717, 1.165) is 16.5 Å². The molecule has 84 heavy (non-hydrogen) atoms. The number of likely N-dealkylation sites (tertiary alicyclic amines) is 1. The van der Waals surface area contributed by atoms with Crippen LogP contribution in [-0.2, 0) is 63.8 Å². The van der Waals surface area contributed by atoms with E-state index in [4.69, 9.17) is 9.47 Å². The highest BCUT2D eigenvalue weighted by atomic mass is 16.6. The van der Waals surface area contributed by atoms with Gasteiger partial charge in [-0.05, 0) is 124 Å². The number of H-pyrrole nitrogens is 1. The first-order chi connectivity index (χ1) is 38.8. The molecule has 24 heteroatoms. The standard InChI is InChI=1S/C60H97N11O13/c1-20-34(7)44(66-47(73)41(64-56(82)84-57(10,11)12)30-37-31-61-39-26-23-22-25-38(37)39)49(75)62-36(9)46(72)68-59(15,16)54(80)67-45(35(8)21-2)50(76)65-43(33(5)6)51(77)70-58(13,14)53(79)63-40(29-32(3)4)48(74)69-60(17,18)55(81)71-28-24-27-42(71)52(78)83-19/h22-23,25-26,31-36,40-45,61H,20-21,24,27-30H2,1-19H3,(H,62,75)(H,63,79)(H,64,82)(H,65,76)(H,66,73)(H,67,80)(H,68,72)(H,69,74)(H,70,77)/t34-,35-,36-,40-,41-,42-,43-,44-,45-/m0/s1. The van der Waals surface area contributed by atoms with E-state index in [2.05, 4.69) is 52.8 Å². The largest absolute Gasteiger partial charge is 0.467 e. The molecule has 0 bridgehead atoms. The van der Waals surface area contributed by atoms with E-state index in [-0.39, 0.29) is 18.8 Å². The molecular formula is C60H97N11O13. The third-order valence-corrected chi connectivity index (χ3v) is 15.0. The molecule has 0 spiro atoms. The van der Waals surface area contributed by atoms with Crippen LogP contribution in [0, 0.1) is 23.7 Å². The number of carbonyl (C=O) groups is 11. The Morgan fingerprint density at radius 2 is 1.13 bits per heavy atom. The molecule has 0 radical (unpaired) electrons. The zero-order valence-electron chi connectivity index (χ0n) is 52.9. The Morgan fingerprint density at radius 3 is 1.68 bits per heavy atom. The van der Waals surface area contributed by atoms with E-state index in [1.54, 1.807) is 61.6 Å². The van der Waals surface area contributed by atoms with Crippen LogP contribution in [0.2, 0.25) is 0 Å². The minimum Gasteiger partial charge on any atom is -0.467 e. The van der Waals surface area contributed by atoms with E-state index in [1.807, 2.05) is 45.0 Å². The summed E-state index contributed by atoms with van der Waals surface area (Å²) in [5.41, 5.74) is -4.13. The molecule has 10 amide bonds. The van der Waals surface area contributed by atoms with Gasteiger partial charge in [0.25, 0.3) is 0 Å². The van der Waals surface area contributed by atoms with Gasteiger partial charge in [0.2, 0.25) is 53.2 Å². The summed E-state index contributed by atoms with van der Waals surface area (Å²) in [4.78, 5) is 156. The molecule has 2 aromatic rings. The van der Waals surface area contributed by atoms with E-state index >= 15 is 0 Å². The second-order valence-electron chi connectivity index (χ2n) is 25.6. The Hall–Kier alpha value is -7.27. The number of rotatable bonds is 28. The first kappa shape index (κ1) is 71.0. The van der Waals surface area contributed by atoms with E-state index in [1.165, 1.54) is 60.5 Å². The van der Waals surface area contributed by atoms with Crippen LogP contribution in [0.25, 0.3) is 10.9 Å². The number of nitrogens with zero attached hydrogens (tertiary/aromatic N) is 1. The average molecular weight is 1180 g/mol. The number of benzene rings is 1. The number of aromatic nitrogens is 1. The highest BCUT2D eigenvalue weighted by Gasteiger charge is 2.45. The van der Waals surface area contributed by atoms with Gasteiger partial charge in [0, 0.05) is 30.1 Å². The number of alkyl carbamates (subject to hydrolysis) is 1. The molecule has 0 aliphatic carbocycles. The van der Waals surface area contributed by atoms with Gasteiger partial charge in [-0.3, -0.25) is 43.2 Å². The summed E-state index contributed by atoms with van der Waals surface area (Å²) >= 11 is 0. The van der Waals surface area contributed by atoms with Gasteiger partial charge in [-0.2, -0.15) is 0 Å². The minimum atomic E-state index is -1.68. The van der Waals surface area contributed by atoms with Gasteiger partial charge in [-0.1, -0.05) is 86.4 Å². The Labute approximate surface area is 495 Å². The number of aromatic amines is 1. The maximum Gasteiger partial charge on any atom is 0.408 e. The van der Waals surface area contributed by atoms with Crippen molar-refractivity contribution in [1.29, 1.82) is 0 Å². The fourth-order valence-corrected chi connectivity index (χ4v) is 9.46. The Balaban J connectivity index is 1.73. The zero-order chi connectivity index (χ0) is 64.0. The number of amides is 10. The summed E-state index contributed by atoms with van der Waals surface area (Å²) in [6.45, 7) is 29.7. The van der Waals surface area contributed by atoms with Crippen molar-refractivity contribution in [3.63, 3.8) is 0 Å². The summed E-state index contributed by atoms with van der Waals surface area (Å²) < 4.78 is 10.4. The average Bonchev–Trinajstić information content (AvgIpc) is 4.27. The number of carbonyl (C=O) groups excluding carboxylic acids is 11. The second kappa shape index (κ2) is 30.0. The number of hydrogen-bond donors (Lipinski definition) is 10. The first-order valence-electron chi connectivity index (χ1n) is 29.2. The lowest BCUT2D eigenvalue weighted by molar-refractivity contribution is -0.153. The molecule has 1 saturated heterocycles. The van der Waals surface area contributed by atoms with Crippen LogP contribution >= 0.6 is 0 Å². The molecular weight excluding hydrogens is 1080 g/mol. The van der Waals surface area contributed by atoms with Crippen molar-refractivity contribution < 1.29 is 62.2 Å². The van der Waals surface area contributed by atoms with Gasteiger partial charge < -0.3 is 67.2 Å². The van der Waals surface area contributed by atoms with Crippen molar-refractivity contribution in [2.75, 3.05) is 13.7 Å². The fourth-order valence-electron chi connectivity index (χ4n) is 9.46. The Morgan fingerprint density at radius 1 is 0.607 bits per heavy atom. The highest BCUT2D eigenvalue weighted by molar-refractivity contribution is 6.01. The Kier molecular flexibility index (Phi) is 25.4. The summed E-state index contributed by atoms with van der Waals surface area (Å²) in [5, 5.41) is 25.3. The molecule has 0 saturated carbocycles. The van der Waals surface area contributed by atoms with Crippen LogP contribution in [0.4, 0.5) is 4.79 Å². The summed E-state index contributed by atoms with van der Waals surface area (Å²) in [6, 6.07) is -0.523. The molecule has 1 aromatic heterocycles. The van der Waals surface area contributed by atoms with E-state index < -0.39 is 147 Å². The normalized spacial score (nSPS) is 16.8. The first-order valence-corrected chi connectivity index (χ1v) is 29.2. The lowest BCUT2D eigenvalue weighted by Crippen LogP contribution is -2.65. The summed E-state index contributed by atoms with van der Waals surface area (Å²) in [7, 11) is 1.24. The number of methoxy groups -OCH3 is 1. The Bertz CT molecular complexity index is 2690. The number of ether oxygens (including phenoxy) is 2. The number of fused-ring (bicyclic) bond motifs is 1. The van der Waals surface area contributed by atoms with Gasteiger partial charge in [0.1, 0.15) is 64.5 Å². The van der Waals surface area contributed by atoms with Crippen LogP contribution in [0.5, 0.6) is 0 Å². The van der Waals surface area contributed by atoms with Crippen LogP contribution in [0.15, 0.2) is 30.5 Å². The van der Waals surface area contributed by atoms with Crippen LogP contribution < -0.4 is 47.9 Å². The highest BCUT2D eigenvalue weighted by Crippen LogP contribution is 2.24. The van der Waals surface area contributed by atoms with Gasteiger partial charge >= 0.3 is 12.1 Å². The fraction of sp³-hybridized carbons (Fsp3) is 0.683. The summed E-state index contributed by atoms with van der Waals surface area (Å²) in [6.07, 6.45) is 2.95. The van der Waals surface area contributed by atoms with Gasteiger partial charge in [0.05, 0.1) is 7.11 Å². The third kappa shape index (κ3) is 19.9. The molecule has 0 unspecified atom stereocenters.